The van der Waals surface area contributed by atoms with Crippen LogP contribution in [-0.4, -0.2) is 49.1 Å². The molecule has 0 aromatic heterocycles. The molecule has 2 aromatic rings. The molecule has 31 heavy (non-hydrogen) atoms. The SMILES string of the molecule is COc1ccc(CN(C(=O)Cc2ccccc2)[C@H](C)C(=O)NCCCOC(C)C)cc1. The van der Waals surface area contributed by atoms with Gasteiger partial charge in [0.15, 0.2) is 0 Å². The van der Waals surface area contributed by atoms with Crippen LogP contribution in [0.3, 0.4) is 0 Å². The Labute approximate surface area is 185 Å². The van der Waals surface area contributed by atoms with Crippen LogP contribution >= 0.6 is 0 Å². The third kappa shape index (κ3) is 8.42. The van der Waals surface area contributed by atoms with Crippen LogP contribution < -0.4 is 10.1 Å². The molecular formula is C25H34N2O4. The number of nitrogens with zero attached hydrogens (tertiary/aromatic N) is 1. The molecule has 168 valence electrons. The van der Waals surface area contributed by atoms with Gasteiger partial charge in [-0.25, -0.2) is 0 Å². The molecule has 0 heterocycles. The van der Waals surface area contributed by atoms with E-state index in [4.69, 9.17) is 9.47 Å². The van der Waals surface area contributed by atoms with E-state index in [0.717, 1.165) is 23.3 Å². The lowest BCUT2D eigenvalue weighted by molar-refractivity contribution is -0.140. The van der Waals surface area contributed by atoms with Gasteiger partial charge in [0.05, 0.1) is 19.6 Å². The summed E-state index contributed by atoms with van der Waals surface area (Å²) in [5.74, 6) is 0.493. The average Bonchev–Trinajstić information content (AvgIpc) is 2.77. The number of ether oxygens (including phenoxy) is 2. The molecule has 2 amide bonds. The molecule has 0 fully saturated rings. The number of carbonyl (C=O) groups excluding carboxylic acids is 2. The van der Waals surface area contributed by atoms with Crippen LogP contribution in [0.5, 0.6) is 5.75 Å². The van der Waals surface area contributed by atoms with Gasteiger partial charge in [-0.1, -0.05) is 42.5 Å². The fourth-order valence-corrected chi connectivity index (χ4v) is 3.13. The Hall–Kier alpha value is -2.86. The summed E-state index contributed by atoms with van der Waals surface area (Å²) < 4.78 is 10.7. The molecule has 1 N–H and O–H groups in total. The quantitative estimate of drug-likeness (QED) is 0.527. The monoisotopic (exact) mass is 426 g/mol. The number of amides is 2. The molecule has 1 atom stereocenters. The maximum Gasteiger partial charge on any atom is 0.242 e. The first kappa shape index (κ1) is 24.4. The van der Waals surface area contributed by atoms with Crippen molar-refractivity contribution >= 4 is 11.8 Å². The third-order valence-electron chi connectivity index (χ3n) is 4.95. The lowest BCUT2D eigenvalue weighted by atomic mass is 10.1. The summed E-state index contributed by atoms with van der Waals surface area (Å²) in [6, 6.07) is 16.5. The highest BCUT2D eigenvalue weighted by molar-refractivity contribution is 5.88. The van der Waals surface area contributed by atoms with Crippen LogP contribution in [0.1, 0.15) is 38.3 Å². The van der Waals surface area contributed by atoms with Crippen LogP contribution in [-0.2, 0) is 27.3 Å². The second-order valence-corrected chi connectivity index (χ2v) is 7.77. The molecule has 0 saturated heterocycles. The Bertz CT molecular complexity index is 806. The first-order valence-electron chi connectivity index (χ1n) is 10.8. The van der Waals surface area contributed by atoms with Crippen molar-refractivity contribution in [2.45, 2.75) is 52.3 Å². The van der Waals surface area contributed by atoms with Crippen molar-refractivity contribution in [3.63, 3.8) is 0 Å². The van der Waals surface area contributed by atoms with Crippen molar-refractivity contribution in [2.24, 2.45) is 0 Å². The topological polar surface area (TPSA) is 67.9 Å². The van der Waals surface area contributed by atoms with Gasteiger partial charge >= 0.3 is 0 Å². The molecule has 2 rings (SSSR count). The second kappa shape index (κ2) is 12.7. The summed E-state index contributed by atoms with van der Waals surface area (Å²) in [5.41, 5.74) is 1.86. The van der Waals surface area contributed by atoms with Gasteiger partial charge in [0.25, 0.3) is 0 Å². The number of methoxy groups -OCH3 is 1. The zero-order valence-corrected chi connectivity index (χ0v) is 19.0. The highest BCUT2D eigenvalue weighted by atomic mass is 16.5. The van der Waals surface area contributed by atoms with E-state index in [1.807, 2.05) is 68.4 Å². The lowest BCUT2D eigenvalue weighted by Gasteiger charge is -2.29. The van der Waals surface area contributed by atoms with Crippen LogP contribution in [0.15, 0.2) is 54.6 Å². The summed E-state index contributed by atoms with van der Waals surface area (Å²) in [7, 11) is 1.61. The van der Waals surface area contributed by atoms with E-state index in [1.165, 1.54) is 0 Å². The lowest BCUT2D eigenvalue weighted by Crippen LogP contribution is -2.48. The van der Waals surface area contributed by atoms with Crippen molar-refractivity contribution in [1.29, 1.82) is 0 Å². The third-order valence-corrected chi connectivity index (χ3v) is 4.95. The van der Waals surface area contributed by atoms with Crippen molar-refractivity contribution < 1.29 is 19.1 Å². The molecule has 0 radical (unpaired) electrons. The molecule has 6 nitrogen and oxygen atoms in total. The van der Waals surface area contributed by atoms with Gasteiger partial charge in [-0.2, -0.15) is 0 Å². The molecule has 0 saturated carbocycles. The van der Waals surface area contributed by atoms with Crippen molar-refractivity contribution in [3.05, 3.63) is 65.7 Å². The highest BCUT2D eigenvalue weighted by Gasteiger charge is 2.26. The van der Waals surface area contributed by atoms with Crippen molar-refractivity contribution in [3.8, 4) is 5.75 Å². The fraction of sp³-hybridized carbons (Fsp3) is 0.440. The Morgan fingerprint density at radius 2 is 1.65 bits per heavy atom. The smallest absolute Gasteiger partial charge is 0.242 e. The van der Waals surface area contributed by atoms with Gasteiger partial charge < -0.3 is 19.7 Å². The molecule has 0 aliphatic heterocycles. The Morgan fingerprint density at radius 1 is 0.968 bits per heavy atom. The van der Waals surface area contributed by atoms with Crippen LogP contribution in [0.2, 0.25) is 0 Å². The molecule has 0 aliphatic carbocycles. The number of hydrogen-bond acceptors (Lipinski definition) is 4. The summed E-state index contributed by atoms with van der Waals surface area (Å²) in [5, 5.41) is 2.93. The maximum absolute atomic E-state index is 13.1. The predicted molar refractivity (Wildman–Crippen MR) is 122 cm³/mol. The van der Waals surface area contributed by atoms with E-state index in [2.05, 4.69) is 5.32 Å². The van der Waals surface area contributed by atoms with E-state index in [1.54, 1.807) is 18.9 Å². The second-order valence-electron chi connectivity index (χ2n) is 7.77. The van der Waals surface area contributed by atoms with Crippen molar-refractivity contribution in [2.75, 3.05) is 20.3 Å². The number of carbonyl (C=O) groups is 2. The predicted octanol–water partition coefficient (Wildman–Crippen LogP) is 3.59. The number of hydrogen-bond donors (Lipinski definition) is 1. The zero-order valence-electron chi connectivity index (χ0n) is 19.0. The van der Waals surface area contributed by atoms with Gasteiger partial charge in [0.1, 0.15) is 11.8 Å². The molecule has 0 spiro atoms. The fourth-order valence-electron chi connectivity index (χ4n) is 3.13. The van der Waals surface area contributed by atoms with Crippen molar-refractivity contribution in [1.82, 2.24) is 10.2 Å². The summed E-state index contributed by atoms with van der Waals surface area (Å²) in [4.78, 5) is 27.5. The standard InChI is InChI=1S/C25H34N2O4/c1-19(2)31-16-8-15-26-25(29)20(3)27(18-22-11-13-23(30-4)14-12-22)24(28)17-21-9-6-5-7-10-21/h5-7,9-14,19-20H,8,15-18H2,1-4H3,(H,26,29)/t20-/m1/s1. The van der Waals surface area contributed by atoms with Crippen LogP contribution in [0.4, 0.5) is 0 Å². The first-order valence-corrected chi connectivity index (χ1v) is 10.8. The van der Waals surface area contributed by atoms with Crippen LogP contribution in [0.25, 0.3) is 0 Å². The van der Waals surface area contributed by atoms with E-state index in [-0.39, 0.29) is 24.3 Å². The summed E-state index contributed by atoms with van der Waals surface area (Å²) in [6.45, 7) is 7.19. The number of rotatable bonds is 12. The van der Waals surface area contributed by atoms with Gasteiger partial charge in [0, 0.05) is 19.7 Å². The largest absolute Gasteiger partial charge is 0.497 e. The zero-order chi connectivity index (χ0) is 22.6. The molecule has 0 aliphatic rings. The highest BCUT2D eigenvalue weighted by Crippen LogP contribution is 2.16. The summed E-state index contributed by atoms with van der Waals surface area (Å²) >= 11 is 0. The van der Waals surface area contributed by atoms with Crippen LogP contribution in [0, 0.1) is 0 Å². The van der Waals surface area contributed by atoms with E-state index < -0.39 is 6.04 Å². The molecule has 2 aromatic carbocycles. The first-order chi connectivity index (χ1) is 14.9. The van der Waals surface area contributed by atoms with E-state index in [0.29, 0.717) is 19.7 Å². The Morgan fingerprint density at radius 3 is 2.26 bits per heavy atom. The van der Waals surface area contributed by atoms with Gasteiger partial charge in [-0.15, -0.1) is 0 Å². The normalized spacial score (nSPS) is 11.8. The molecular weight excluding hydrogens is 392 g/mol. The van der Waals surface area contributed by atoms with E-state index >= 15 is 0 Å². The van der Waals surface area contributed by atoms with Gasteiger partial charge in [-0.05, 0) is 50.5 Å². The minimum atomic E-state index is -0.593. The number of nitrogens with one attached hydrogen (secondary N) is 1. The Balaban J connectivity index is 2.05. The van der Waals surface area contributed by atoms with E-state index in [9.17, 15) is 9.59 Å². The maximum atomic E-state index is 13.1. The molecule has 0 bridgehead atoms. The summed E-state index contributed by atoms with van der Waals surface area (Å²) in [6.07, 6.45) is 1.15. The average molecular weight is 427 g/mol. The van der Waals surface area contributed by atoms with Gasteiger partial charge in [-0.3, -0.25) is 9.59 Å². The number of benzene rings is 2. The molecule has 0 unspecified atom stereocenters. The minimum Gasteiger partial charge on any atom is -0.497 e. The van der Waals surface area contributed by atoms with Gasteiger partial charge in [0.2, 0.25) is 11.8 Å². The minimum absolute atomic E-state index is 0.0900. The Kier molecular flexibility index (Phi) is 10.0. The molecule has 6 heteroatoms.